The highest BCUT2D eigenvalue weighted by Gasteiger charge is 2.06. The third-order valence-electron chi connectivity index (χ3n) is 3.56. The van der Waals surface area contributed by atoms with E-state index in [2.05, 4.69) is 37.3 Å². The molecule has 1 radical (unpaired) electrons. The zero-order chi connectivity index (χ0) is 13.8. The number of hydrogen-bond acceptors (Lipinski definition) is 0. The van der Waals surface area contributed by atoms with Crippen molar-refractivity contribution in [2.75, 3.05) is 6.61 Å². The summed E-state index contributed by atoms with van der Waals surface area (Å²) in [4.78, 5) is 0. The number of unbranched alkanes of at least 4 members (excludes halogenated alkanes) is 5. The molecule has 0 fully saturated rings. The second-order valence-corrected chi connectivity index (χ2v) is 5.17. The second-order valence-electron chi connectivity index (χ2n) is 5.17. The molecule has 0 aliphatic carbocycles. The molecule has 0 amide bonds. The van der Waals surface area contributed by atoms with E-state index in [1.165, 1.54) is 44.1 Å². The van der Waals surface area contributed by atoms with Crippen LogP contribution in [0.25, 0.3) is 0 Å². The summed E-state index contributed by atoms with van der Waals surface area (Å²) in [5.41, 5.74) is 1.33. The van der Waals surface area contributed by atoms with Crippen LogP contribution in [0, 0.1) is 0 Å². The summed E-state index contributed by atoms with van der Waals surface area (Å²) in [7, 11) is 0. The molecular formula is C18H27O. The quantitative estimate of drug-likeness (QED) is 0.390. The maximum absolute atomic E-state index is 10.6. The highest BCUT2D eigenvalue weighted by molar-refractivity contribution is 5.23. The molecule has 0 heterocycles. The van der Waals surface area contributed by atoms with Gasteiger partial charge in [0.25, 0.3) is 0 Å². The maximum atomic E-state index is 10.6. The normalized spacial score (nSPS) is 12.9. The SMILES string of the molecule is CCCCCCCCC(C=CC[O])c1ccccc1. The third kappa shape index (κ3) is 7.17. The lowest BCUT2D eigenvalue weighted by Crippen LogP contribution is -1.96. The Bertz CT molecular complexity index is 329. The van der Waals surface area contributed by atoms with Crippen LogP contribution in [0.5, 0.6) is 0 Å². The molecular weight excluding hydrogens is 232 g/mol. The monoisotopic (exact) mass is 259 g/mol. The van der Waals surface area contributed by atoms with Gasteiger partial charge in [0.05, 0.1) is 0 Å². The molecule has 1 aromatic carbocycles. The first-order valence-corrected chi connectivity index (χ1v) is 7.68. The molecule has 1 atom stereocenters. The van der Waals surface area contributed by atoms with E-state index < -0.39 is 0 Å². The van der Waals surface area contributed by atoms with E-state index in [9.17, 15) is 5.11 Å². The molecule has 0 saturated carbocycles. The van der Waals surface area contributed by atoms with Crippen LogP contribution in [0.3, 0.4) is 0 Å². The minimum absolute atomic E-state index is 0.111. The van der Waals surface area contributed by atoms with Crippen LogP contribution in [0.2, 0.25) is 0 Å². The van der Waals surface area contributed by atoms with Gasteiger partial charge in [-0.1, -0.05) is 87.9 Å². The molecule has 0 aliphatic rings. The van der Waals surface area contributed by atoms with Crippen molar-refractivity contribution in [2.45, 2.75) is 57.8 Å². The Balaban J connectivity index is 2.36. The van der Waals surface area contributed by atoms with Crippen LogP contribution in [0.1, 0.15) is 63.4 Å². The van der Waals surface area contributed by atoms with E-state index in [-0.39, 0.29) is 6.61 Å². The standard InChI is InChI=1S/C18H27O/c1-2-3-4-5-6-8-12-18(15-11-16-19)17-13-9-7-10-14-17/h7,9-11,13-15,18H,2-6,8,12,16H2,1H3. The van der Waals surface area contributed by atoms with Gasteiger partial charge in [-0.2, -0.15) is 0 Å². The van der Waals surface area contributed by atoms with Crippen molar-refractivity contribution in [3.8, 4) is 0 Å². The Morgan fingerprint density at radius 2 is 1.68 bits per heavy atom. The van der Waals surface area contributed by atoms with Gasteiger partial charge < -0.3 is 0 Å². The first-order valence-electron chi connectivity index (χ1n) is 7.68. The highest BCUT2D eigenvalue weighted by atomic mass is 16.2. The van der Waals surface area contributed by atoms with Gasteiger partial charge in [-0.3, -0.25) is 0 Å². The lowest BCUT2D eigenvalue weighted by molar-refractivity contribution is 0.232. The van der Waals surface area contributed by atoms with Crippen molar-refractivity contribution in [3.05, 3.63) is 48.0 Å². The molecule has 19 heavy (non-hydrogen) atoms. The van der Waals surface area contributed by atoms with Gasteiger partial charge in [-0.25, -0.2) is 5.11 Å². The zero-order valence-electron chi connectivity index (χ0n) is 12.2. The fourth-order valence-electron chi connectivity index (χ4n) is 2.44. The van der Waals surface area contributed by atoms with Gasteiger partial charge in [-0.05, 0) is 12.0 Å². The smallest absolute Gasteiger partial charge is 0.100 e. The van der Waals surface area contributed by atoms with Crippen molar-refractivity contribution < 1.29 is 5.11 Å². The Morgan fingerprint density at radius 1 is 1.00 bits per heavy atom. The molecule has 0 aliphatic heterocycles. The third-order valence-corrected chi connectivity index (χ3v) is 3.56. The van der Waals surface area contributed by atoms with E-state index in [0.29, 0.717) is 5.92 Å². The first kappa shape index (κ1) is 16.0. The molecule has 0 saturated heterocycles. The Morgan fingerprint density at radius 3 is 2.37 bits per heavy atom. The molecule has 0 spiro atoms. The second kappa shape index (κ2) is 10.8. The molecule has 0 bridgehead atoms. The highest BCUT2D eigenvalue weighted by Crippen LogP contribution is 2.24. The molecule has 1 heteroatoms. The summed E-state index contributed by atoms with van der Waals surface area (Å²) in [6.07, 6.45) is 13.0. The summed E-state index contributed by atoms with van der Waals surface area (Å²) in [6, 6.07) is 10.5. The molecule has 0 N–H and O–H groups in total. The van der Waals surface area contributed by atoms with Crippen molar-refractivity contribution >= 4 is 0 Å². The summed E-state index contributed by atoms with van der Waals surface area (Å²) in [6.45, 7) is 2.14. The van der Waals surface area contributed by atoms with Crippen molar-refractivity contribution in [3.63, 3.8) is 0 Å². The number of allylic oxidation sites excluding steroid dienone is 1. The molecule has 1 aromatic rings. The largest absolute Gasteiger partial charge is 0.232 e. The minimum Gasteiger partial charge on any atom is -0.232 e. The topological polar surface area (TPSA) is 19.9 Å². The molecule has 1 nitrogen and oxygen atoms in total. The Labute approximate surface area is 118 Å². The van der Waals surface area contributed by atoms with Crippen LogP contribution in [0.4, 0.5) is 0 Å². The van der Waals surface area contributed by atoms with E-state index in [4.69, 9.17) is 0 Å². The molecule has 105 valence electrons. The van der Waals surface area contributed by atoms with Gasteiger partial charge in [0.2, 0.25) is 0 Å². The number of benzene rings is 1. The van der Waals surface area contributed by atoms with Crippen molar-refractivity contribution in [2.24, 2.45) is 0 Å². The zero-order valence-corrected chi connectivity index (χ0v) is 12.2. The summed E-state index contributed by atoms with van der Waals surface area (Å²) in [5.74, 6) is 0.418. The van der Waals surface area contributed by atoms with E-state index in [1.807, 2.05) is 6.07 Å². The Hall–Kier alpha value is -1.08. The van der Waals surface area contributed by atoms with Crippen LogP contribution >= 0.6 is 0 Å². The van der Waals surface area contributed by atoms with Gasteiger partial charge >= 0.3 is 0 Å². The average Bonchev–Trinajstić information content (AvgIpc) is 2.46. The fraction of sp³-hybridized carbons (Fsp3) is 0.556. The van der Waals surface area contributed by atoms with Gasteiger partial charge in [0.15, 0.2) is 0 Å². The minimum atomic E-state index is -0.111. The van der Waals surface area contributed by atoms with Gasteiger partial charge in [-0.15, -0.1) is 0 Å². The Kier molecular flexibility index (Phi) is 9.09. The average molecular weight is 259 g/mol. The van der Waals surface area contributed by atoms with E-state index >= 15 is 0 Å². The van der Waals surface area contributed by atoms with Crippen LogP contribution in [-0.4, -0.2) is 6.61 Å². The van der Waals surface area contributed by atoms with Gasteiger partial charge in [0, 0.05) is 5.92 Å². The van der Waals surface area contributed by atoms with Crippen molar-refractivity contribution in [1.82, 2.24) is 0 Å². The first-order chi connectivity index (χ1) is 9.38. The fourth-order valence-corrected chi connectivity index (χ4v) is 2.44. The van der Waals surface area contributed by atoms with Crippen LogP contribution in [0.15, 0.2) is 42.5 Å². The lowest BCUT2D eigenvalue weighted by Gasteiger charge is -2.13. The summed E-state index contributed by atoms with van der Waals surface area (Å²) in [5, 5.41) is 10.6. The lowest BCUT2D eigenvalue weighted by atomic mass is 9.92. The molecule has 0 aromatic heterocycles. The van der Waals surface area contributed by atoms with Crippen LogP contribution in [-0.2, 0) is 5.11 Å². The van der Waals surface area contributed by atoms with E-state index in [1.54, 1.807) is 6.08 Å². The predicted molar refractivity (Wildman–Crippen MR) is 81.9 cm³/mol. The number of rotatable bonds is 10. The molecule has 1 unspecified atom stereocenters. The predicted octanol–water partition coefficient (Wildman–Crippen LogP) is 5.51. The summed E-state index contributed by atoms with van der Waals surface area (Å²) >= 11 is 0. The maximum Gasteiger partial charge on any atom is 0.100 e. The van der Waals surface area contributed by atoms with Gasteiger partial charge in [0.1, 0.15) is 6.61 Å². The van der Waals surface area contributed by atoms with E-state index in [0.717, 1.165) is 6.42 Å². The molecule has 1 rings (SSSR count). The number of hydrogen-bond donors (Lipinski definition) is 0. The van der Waals surface area contributed by atoms with Crippen molar-refractivity contribution in [1.29, 1.82) is 0 Å². The summed E-state index contributed by atoms with van der Waals surface area (Å²) < 4.78 is 0. The van der Waals surface area contributed by atoms with Crippen LogP contribution < -0.4 is 0 Å².